The van der Waals surface area contributed by atoms with E-state index in [1.165, 1.54) is 7.11 Å². The van der Waals surface area contributed by atoms with Gasteiger partial charge < -0.3 is 15.3 Å². The number of hydrogen-bond acceptors (Lipinski definition) is 5. The van der Waals surface area contributed by atoms with Crippen molar-refractivity contribution >= 4 is 22.8 Å². The van der Waals surface area contributed by atoms with Gasteiger partial charge in [0.2, 0.25) is 0 Å². The van der Waals surface area contributed by atoms with E-state index < -0.39 is 5.97 Å². The lowest BCUT2D eigenvalue weighted by atomic mass is 9.90. The SMILES string of the molecule is COC(=O)COc1ccc(/C(=C(/C)c2ccccc2)c2ccc(N=NN)cc2)cc1. The fourth-order valence-electron chi connectivity index (χ4n) is 3.11. The molecule has 0 heterocycles. The van der Waals surface area contributed by atoms with Crippen molar-refractivity contribution in [2.75, 3.05) is 13.7 Å². The molecule has 0 aliphatic carbocycles. The van der Waals surface area contributed by atoms with Crippen LogP contribution < -0.4 is 10.6 Å². The smallest absolute Gasteiger partial charge is 0.343 e. The van der Waals surface area contributed by atoms with E-state index in [0.717, 1.165) is 27.8 Å². The fraction of sp³-hybridized carbons (Fsp3) is 0.125. The molecule has 0 radical (unpaired) electrons. The highest BCUT2D eigenvalue weighted by atomic mass is 16.6. The van der Waals surface area contributed by atoms with E-state index >= 15 is 0 Å². The van der Waals surface area contributed by atoms with Crippen molar-refractivity contribution in [3.63, 3.8) is 0 Å². The number of carbonyl (C=O) groups excluding carboxylic acids is 1. The summed E-state index contributed by atoms with van der Waals surface area (Å²) >= 11 is 0. The van der Waals surface area contributed by atoms with Gasteiger partial charge in [-0.2, -0.15) is 0 Å². The molecule has 6 heteroatoms. The third-order valence-corrected chi connectivity index (χ3v) is 4.64. The van der Waals surface area contributed by atoms with Crippen LogP contribution in [0, 0.1) is 0 Å². The maximum Gasteiger partial charge on any atom is 0.343 e. The second-order valence-electron chi connectivity index (χ2n) is 6.52. The van der Waals surface area contributed by atoms with Gasteiger partial charge in [-0.15, -0.1) is 5.11 Å². The van der Waals surface area contributed by atoms with Gasteiger partial charge in [-0.3, -0.25) is 0 Å². The third-order valence-electron chi connectivity index (χ3n) is 4.64. The Bertz CT molecular complexity index is 1040. The van der Waals surface area contributed by atoms with Crippen molar-refractivity contribution in [2.45, 2.75) is 6.92 Å². The Hall–Kier alpha value is -3.93. The van der Waals surface area contributed by atoms with Crippen LogP contribution in [0.2, 0.25) is 0 Å². The standard InChI is InChI=1S/C24H23N3O3/c1-17(18-6-4-3-5-7-18)24(19-8-12-21(13-9-19)26-27-25)20-10-14-22(15-11-20)30-16-23(28)29-2/h3-15H,16H2,1-2H3,(H2,25,26)/b24-17-. The first-order chi connectivity index (χ1) is 14.6. The Kier molecular flexibility index (Phi) is 6.95. The average molecular weight is 401 g/mol. The molecule has 0 fully saturated rings. The van der Waals surface area contributed by atoms with Gasteiger partial charge in [-0.05, 0) is 59.0 Å². The zero-order chi connectivity index (χ0) is 21.3. The molecule has 0 aliphatic heterocycles. The highest BCUT2D eigenvalue weighted by Gasteiger charge is 2.12. The molecule has 152 valence electrons. The quantitative estimate of drug-likeness (QED) is 0.194. The average Bonchev–Trinajstić information content (AvgIpc) is 2.80. The fourth-order valence-corrected chi connectivity index (χ4v) is 3.11. The Labute approximate surface area is 175 Å². The summed E-state index contributed by atoms with van der Waals surface area (Å²) < 4.78 is 10.1. The van der Waals surface area contributed by atoms with Crippen LogP contribution in [0.1, 0.15) is 23.6 Å². The highest BCUT2D eigenvalue weighted by Crippen LogP contribution is 2.33. The van der Waals surface area contributed by atoms with Gasteiger partial charge in [0, 0.05) is 0 Å². The molecule has 3 rings (SSSR count). The molecule has 2 N–H and O–H groups in total. The first-order valence-electron chi connectivity index (χ1n) is 9.40. The monoisotopic (exact) mass is 401 g/mol. The zero-order valence-corrected chi connectivity index (χ0v) is 16.9. The minimum absolute atomic E-state index is 0.126. The van der Waals surface area contributed by atoms with Gasteiger partial charge in [-0.1, -0.05) is 59.8 Å². The van der Waals surface area contributed by atoms with Crippen molar-refractivity contribution in [2.24, 2.45) is 16.2 Å². The predicted molar refractivity (Wildman–Crippen MR) is 117 cm³/mol. The number of hydrogen-bond donors (Lipinski definition) is 1. The molecule has 3 aromatic carbocycles. The van der Waals surface area contributed by atoms with Crippen molar-refractivity contribution in [3.8, 4) is 5.75 Å². The molecule has 6 nitrogen and oxygen atoms in total. The lowest BCUT2D eigenvalue weighted by Crippen LogP contribution is -2.12. The summed E-state index contributed by atoms with van der Waals surface area (Å²) in [6.07, 6.45) is 0. The molecule has 0 aromatic heterocycles. The van der Waals surface area contributed by atoms with E-state index in [9.17, 15) is 4.79 Å². The molecule has 0 amide bonds. The molecule has 0 saturated carbocycles. The molecular weight excluding hydrogens is 378 g/mol. The molecule has 0 saturated heterocycles. The summed E-state index contributed by atoms with van der Waals surface area (Å²) in [5, 5.41) is 7.20. The van der Waals surface area contributed by atoms with Gasteiger partial charge in [0.05, 0.1) is 12.8 Å². The zero-order valence-electron chi connectivity index (χ0n) is 16.9. The van der Waals surface area contributed by atoms with Gasteiger partial charge in [-0.25, -0.2) is 4.79 Å². The van der Waals surface area contributed by atoms with Crippen molar-refractivity contribution in [1.29, 1.82) is 0 Å². The third kappa shape index (κ3) is 5.11. The van der Waals surface area contributed by atoms with Crippen LogP contribution in [-0.2, 0) is 9.53 Å². The maximum absolute atomic E-state index is 11.3. The number of nitrogens with zero attached hydrogens (tertiary/aromatic N) is 2. The number of rotatable bonds is 7. The number of allylic oxidation sites excluding steroid dienone is 1. The number of ether oxygens (including phenoxy) is 2. The predicted octanol–water partition coefficient (Wildman–Crippen LogP) is 5.17. The van der Waals surface area contributed by atoms with E-state index in [1.54, 1.807) is 0 Å². The molecule has 0 spiro atoms. The van der Waals surface area contributed by atoms with Crippen LogP contribution in [0.25, 0.3) is 11.1 Å². The van der Waals surface area contributed by atoms with Crippen LogP contribution in [0.4, 0.5) is 5.69 Å². The molecular formula is C24H23N3O3. The minimum Gasteiger partial charge on any atom is -0.482 e. The summed E-state index contributed by atoms with van der Waals surface area (Å²) in [6.45, 7) is 1.97. The van der Waals surface area contributed by atoms with Crippen LogP contribution in [-0.4, -0.2) is 19.7 Å². The first kappa shape index (κ1) is 20.8. The first-order valence-corrected chi connectivity index (χ1v) is 9.40. The number of methoxy groups -OCH3 is 1. The van der Waals surface area contributed by atoms with E-state index in [4.69, 9.17) is 10.6 Å². The van der Waals surface area contributed by atoms with Crippen molar-refractivity contribution in [3.05, 3.63) is 95.6 Å². The summed E-state index contributed by atoms with van der Waals surface area (Å²) in [6, 6.07) is 25.6. The Morgan fingerprint density at radius 1 is 0.867 bits per heavy atom. The summed E-state index contributed by atoms with van der Waals surface area (Å²) in [5.41, 5.74) is 6.09. The van der Waals surface area contributed by atoms with Crippen LogP contribution in [0.5, 0.6) is 5.75 Å². The van der Waals surface area contributed by atoms with Gasteiger partial charge in [0.1, 0.15) is 5.75 Å². The normalized spacial score (nSPS) is 11.8. The Morgan fingerprint density at radius 3 is 2.03 bits per heavy atom. The Balaban J connectivity index is 2.01. The minimum atomic E-state index is -0.422. The summed E-state index contributed by atoms with van der Waals surface area (Å²) in [5.74, 6) is 5.32. The summed E-state index contributed by atoms with van der Waals surface area (Å²) in [4.78, 5) is 11.3. The summed E-state index contributed by atoms with van der Waals surface area (Å²) in [7, 11) is 1.33. The van der Waals surface area contributed by atoms with Crippen LogP contribution >= 0.6 is 0 Å². The van der Waals surface area contributed by atoms with E-state index in [-0.39, 0.29) is 6.61 Å². The second-order valence-corrected chi connectivity index (χ2v) is 6.52. The van der Waals surface area contributed by atoms with E-state index in [0.29, 0.717) is 11.4 Å². The largest absolute Gasteiger partial charge is 0.482 e. The van der Waals surface area contributed by atoms with E-state index in [2.05, 4.69) is 34.1 Å². The van der Waals surface area contributed by atoms with Gasteiger partial charge in [0.25, 0.3) is 0 Å². The maximum atomic E-state index is 11.3. The Morgan fingerprint density at radius 2 is 1.47 bits per heavy atom. The topological polar surface area (TPSA) is 86.3 Å². The molecule has 3 aromatic rings. The number of carbonyl (C=O) groups is 1. The van der Waals surface area contributed by atoms with Crippen LogP contribution in [0.3, 0.4) is 0 Å². The van der Waals surface area contributed by atoms with Crippen molar-refractivity contribution < 1.29 is 14.3 Å². The molecule has 0 unspecified atom stereocenters. The van der Waals surface area contributed by atoms with Crippen LogP contribution in [0.15, 0.2) is 89.2 Å². The molecule has 0 atom stereocenters. The van der Waals surface area contributed by atoms with Crippen molar-refractivity contribution in [1.82, 2.24) is 0 Å². The molecule has 30 heavy (non-hydrogen) atoms. The molecule has 0 bridgehead atoms. The lowest BCUT2D eigenvalue weighted by Gasteiger charge is -2.15. The number of esters is 1. The van der Waals surface area contributed by atoms with E-state index in [1.807, 2.05) is 66.7 Å². The van der Waals surface area contributed by atoms with Gasteiger partial charge >= 0.3 is 5.97 Å². The number of nitrogens with two attached hydrogens (primary N) is 1. The van der Waals surface area contributed by atoms with Gasteiger partial charge in [0.15, 0.2) is 6.61 Å². The lowest BCUT2D eigenvalue weighted by molar-refractivity contribution is -0.142. The second kappa shape index (κ2) is 10.0. The highest BCUT2D eigenvalue weighted by molar-refractivity contribution is 5.98. The molecule has 0 aliphatic rings. The number of benzene rings is 3.